The Kier molecular flexibility index (Phi) is 6.59. The molecule has 0 aromatic rings. The van der Waals surface area contributed by atoms with E-state index in [-0.39, 0.29) is 0 Å². The minimum Gasteiger partial charge on any atom is -0.303 e. The molecule has 0 saturated heterocycles. The van der Waals surface area contributed by atoms with E-state index in [2.05, 4.69) is 0 Å². The normalized spacial score (nSPS) is 9.00. The fraction of sp³-hybridized carbons (Fsp3) is 0.500. The van der Waals surface area contributed by atoms with Gasteiger partial charge in [-0.2, -0.15) is 0 Å². The predicted octanol–water partition coefficient (Wildman–Crippen LogP) is -0.813. The van der Waals surface area contributed by atoms with Gasteiger partial charge in [0.1, 0.15) is 0 Å². The van der Waals surface area contributed by atoms with E-state index in [9.17, 15) is 0 Å². The Labute approximate surface area is 46.2 Å². The Morgan fingerprint density at radius 1 is 1.38 bits per heavy atom. The third-order valence-electron chi connectivity index (χ3n) is 0. The van der Waals surface area contributed by atoms with Crippen molar-refractivity contribution in [3.63, 3.8) is 0 Å². The molecular weight excluding hydrogens is 135 g/mol. The monoisotopic (exact) mass is 141 g/mol. The van der Waals surface area contributed by atoms with Crippen molar-refractivity contribution in [2.45, 2.75) is 6.92 Å². The van der Waals surface area contributed by atoms with Crippen LogP contribution >= 0.6 is 7.82 Å². The van der Waals surface area contributed by atoms with Gasteiger partial charge >= 0.3 is 7.82 Å². The third-order valence-corrected chi connectivity index (χ3v) is 0. The third kappa shape index (κ3) is 2730. The van der Waals surface area contributed by atoms with E-state index in [0.29, 0.717) is 0 Å². The average Bonchev–Trinajstić information content (AvgIpc) is 1.27. The molecule has 0 spiro atoms. The van der Waals surface area contributed by atoms with Gasteiger partial charge in [0, 0.05) is 6.92 Å². The predicted molar refractivity (Wildman–Crippen MR) is 25.6 cm³/mol. The highest BCUT2D eigenvalue weighted by Gasteiger charge is 2.00. The molecule has 0 aromatic heterocycles. The Balaban J connectivity index is 0. The Morgan fingerprint density at radius 3 is 1.38 bits per heavy atom. The van der Waals surface area contributed by atoms with Gasteiger partial charge in [-0.3, -0.25) is 4.79 Å². The molecule has 0 aliphatic rings. The van der Waals surface area contributed by atoms with Crippen molar-refractivity contribution in [1.82, 2.24) is 0 Å². The molecular formula is C2H6O5P. The molecule has 5 nitrogen and oxygen atoms in total. The van der Waals surface area contributed by atoms with Gasteiger partial charge in [0.15, 0.2) is 6.29 Å². The maximum Gasteiger partial charge on any atom is 0.466 e. The van der Waals surface area contributed by atoms with Crippen LogP contribution in [0.5, 0.6) is 0 Å². The first-order valence-corrected chi connectivity index (χ1v) is 3.05. The molecule has 0 aromatic carbocycles. The summed E-state index contributed by atoms with van der Waals surface area (Å²) < 4.78 is 8.88. The van der Waals surface area contributed by atoms with Crippen LogP contribution in [0.15, 0.2) is 0 Å². The van der Waals surface area contributed by atoms with Crippen LogP contribution in [0.3, 0.4) is 0 Å². The van der Waals surface area contributed by atoms with Crippen molar-refractivity contribution in [1.29, 1.82) is 0 Å². The van der Waals surface area contributed by atoms with Crippen molar-refractivity contribution >= 4 is 14.1 Å². The van der Waals surface area contributed by atoms with Gasteiger partial charge in [-0.05, 0) is 0 Å². The van der Waals surface area contributed by atoms with E-state index in [1.54, 1.807) is 0 Å². The largest absolute Gasteiger partial charge is 0.466 e. The van der Waals surface area contributed by atoms with E-state index in [4.69, 9.17) is 24.0 Å². The molecule has 3 N–H and O–H groups in total. The van der Waals surface area contributed by atoms with Crippen molar-refractivity contribution in [3.05, 3.63) is 0 Å². The summed E-state index contributed by atoms with van der Waals surface area (Å²) in [5, 5.41) is 0. The lowest BCUT2D eigenvalue weighted by Gasteiger charge is -1.82. The number of phosphoric acid groups is 1. The molecule has 0 aliphatic carbocycles. The first kappa shape index (κ1) is 10.7. The van der Waals surface area contributed by atoms with E-state index in [0.717, 1.165) is 0 Å². The van der Waals surface area contributed by atoms with E-state index >= 15 is 0 Å². The van der Waals surface area contributed by atoms with Crippen LogP contribution in [0, 0.1) is 0 Å². The molecule has 0 heterocycles. The molecule has 0 atom stereocenters. The molecule has 0 amide bonds. The molecule has 6 heteroatoms. The lowest BCUT2D eigenvalue weighted by Crippen LogP contribution is -1.66. The fourth-order valence-corrected chi connectivity index (χ4v) is 0. The summed E-state index contributed by atoms with van der Waals surface area (Å²) in [7, 11) is -4.64. The number of hydrogen-bond donors (Lipinski definition) is 3. The molecule has 0 aliphatic heterocycles. The van der Waals surface area contributed by atoms with Crippen molar-refractivity contribution in [2.75, 3.05) is 0 Å². The zero-order valence-corrected chi connectivity index (χ0v) is 5.00. The number of carbonyl (C=O) groups excluding carboxylic acids is 1. The van der Waals surface area contributed by atoms with Gasteiger partial charge in [-0.25, -0.2) is 4.57 Å². The van der Waals surface area contributed by atoms with Gasteiger partial charge in [0.25, 0.3) is 0 Å². The maximum absolute atomic E-state index is 8.88. The molecule has 0 saturated carbocycles. The standard InChI is InChI=1S/C2H3O.H3O4P/c1-2-3;1-5(2,3)4/h1H3;(H3,1,2,3,4). The highest BCUT2D eigenvalue weighted by molar-refractivity contribution is 7.45. The second-order valence-corrected chi connectivity index (χ2v) is 1.74. The zero-order chi connectivity index (χ0) is 7.21. The first-order valence-electron chi connectivity index (χ1n) is 1.49. The van der Waals surface area contributed by atoms with Crippen LogP contribution in [0.25, 0.3) is 0 Å². The minimum absolute atomic E-state index is 1.32. The second kappa shape index (κ2) is 4.93. The van der Waals surface area contributed by atoms with Crippen LogP contribution < -0.4 is 0 Å². The highest BCUT2D eigenvalue weighted by Crippen LogP contribution is 2.25. The van der Waals surface area contributed by atoms with Gasteiger partial charge in [0.2, 0.25) is 0 Å². The van der Waals surface area contributed by atoms with Crippen LogP contribution in [0.4, 0.5) is 0 Å². The van der Waals surface area contributed by atoms with Gasteiger partial charge < -0.3 is 14.7 Å². The van der Waals surface area contributed by atoms with Crippen molar-refractivity contribution in [2.24, 2.45) is 0 Å². The van der Waals surface area contributed by atoms with Crippen LogP contribution in [-0.2, 0) is 9.36 Å². The summed E-state index contributed by atoms with van der Waals surface area (Å²) in [6.07, 6.45) is 1.50. The average molecular weight is 141 g/mol. The summed E-state index contributed by atoms with van der Waals surface area (Å²) in [5.41, 5.74) is 0. The molecule has 0 fully saturated rings. The lowest BCUT2D eigenvalue weighted by molar-refractivity contribution is 0.275. The first-order chi connectivity index (χ1) is 3.41. The Morgan fingerprint density at radius 2 is 1.38 bits per heavy atom. The van der Waals surface area contributed by atoms with Gasteiger partial charge in [0.05, 0.1) is 0 Å². The summed E-state index contributed by atoms with van der Waals surface area (Å²) >= 11 is 0. The van der Waals surface area contributed by atoms with E-state index in [1.807, 2.05) is 0 Å². The Bertz CT molecular complexity index is 84.3. The molecule has 8 heavy (non-hydrogen) atoms. The van der Waals surface area contributed by atoms with Crippen LogP contribution in [-0.4, -0.2) is 21.0 Å². The summed E-state index contributed by atoms with van der Waals surface area (Å²) in [4.78, 5) is 30.2. The van der Waals surface area contributed by atoms with Gasteiger partial charge in [-0.1, -0.05) is 0 Å². The summed E-state index contributed by atoms with van der Waals surface area (Å²) in [6.45, 7) is 1.32. The highest BCUT2D eigenvalue weighted by atomic mass is 31.2. The smallest absolute Gasteiger partial charge is 0.303 e. The number of hydrogen-bond acceptors (Lipinski definition) is 2. The topological polar surface area (TPSA) is 94.8 Å². The SMILES string of the molecule is C[C]=O.O=P(O)(O)O. The van der Waals surface area contributed by atoms with Crippen molar-refractivity contribution < 1.29 is 24.0 Å². The quantitative estimate of drug-likeness (QED) is 0.383. The van der Waals surface area contributed by atoms with E-state index in [1.165, 1.54) is 13.2 Å². The van der Waals surface area contributed by atoms with E-state index < -0.39 is 7.82 Å². The molecule has 0 bridgehead atoms. The lowest BCUT2D eigenvalue weighted by atomic mass is 11.0. The second-order valence-electron chi connectivity index (χ2n) is 0.717. The van der Waals surface area contributed by atoms with Crippen LogP contribution in [0.1, 0.15) is 6.92 Å². The maximum atomic E-state index is 8.88. The molecule has 49 valence electrons. The minimum atomic E-state index is -4.64. The fourth-order valence-electron chi connectivity index (χ4n) is 0. The van der Waals surface area contributed by atoms with Gasteiger partial charge in [-0.15, -0.1) is 0 Å². The summed E-state index contributed by atoms with van der Waals surface area (Å²) in [5.74, 6) is 0. The molecule has 1 radical (unpaired) electrons. The zero-order valence-electron chi connectivity index (χ0n) is 4.11. The molecule has 0 rings (SSSR count). The Hall–Kier alpha value is -0.220. The number of rotatable bonds is 0. The van der Waals surface area contributed by atoms with Crippen molar-refractivity contribution in [3.8, 4) is 0 Å². The van der Waals surface area contributed by atoms with Crippen LogP contribution in [0.2, 0.25) is 0 Å². The summed E-state index contributed by atoms with van der Waals surface area (Å²) in [6, 6.07) is 0. The molecule has 0 unspecified atom stereocenters.